The van der Waals surface area contributed by atoms with Crippen molar-refractivity contribution in [3.05, 3.63) is 15.6 Å². The van der Waals surface area contributed by atoms with E-state index in [1.165, 1.54) is 4.88 Å². The minimum Gasteiger partial charge on any atom is -0.389 e. The fourth-order valence-electron chi connectivity index (χ4n) is 1.65. The topological polar surface area (TPSA) is 45.1 Å². The van der Waals surface area contributed by atoms with Gasteiger partial charge in [0.1, 0.15) is 0 Å². The van der Waals surface area contributed by atoms with Crippen LogP contribution in [-0.2, 0) is 6.54 Å². The fourth-order valence-corrected chi connectivity index (χ4v) is 2.55. The molecule has 0 aliphatic carbocycles. The molecular formula is C12H22N2OS. The van der Waals surface area contributed by atoms with Gasteiger partial charge in [0.25, 0.3) is 0 Å². The number of aliphatic hydroxyl groups is 1. The standard InChI is InChI=1S/C12H22N2OS/c1-5-12(15,6-2)8-13-7-11-9(3)14-10(4)16-11/h13,15H,5-8H2,1-4H3. The Kier molecular flexibility index (Phi) is 4.89. The number of nitrogens with zero attached hydrogens (tertiary/aromatic N) is 1. The molecule has 0 unspecified atom stereocenters. The fraction of sp³-hybridized carbons (Fsp3) is 0.750. The molecule has 0 fully saturated rings. The molecule has 0 atom stereocenters. The molecule has 0 bridgehead atoms. The molecule has 0 aliphatic heterocycles. The number of hydrogen-bond donors (Lipinski definition) is 2. The summed E-state index contributed by atoms with van der Waals surface area (Å²) in [5.74, 6) is 0. The van der Waals surface area contributed by atoms with Gasteiger partial charge in [-0.05, 0) is 26.7 Å². The first-order valence-corrected chi connectivity index (χ1v) is 6.68. The molecule has 1 aromatic rings. The van der Waals surface area contributed by atoms with Crippen LogP contribution in [0.25, 0.3) is 0 Å². The smallest absolute Gasteiger partial charge is 0.0900 e. The van der Waals surface area contributed by atoms with Crippen LogP contribution in [0.2, 0.25) is 0 Å². The Balaban J connectivity index is 2.44. The first kappa shape index (κ1) is 13.6. The van der Waals surface area contributed by atoms with Crippen LogP contribution in [0.5, 0.6) is 0 Å². The van der Waals surface area contributed by atoms with E-state index in [1.807, 2.05) is 27.7 Å². The van der Waals surface area contributed by atoms with E-state index < -0.39 is 5.60 Å². The van der Waals surface area contributed by atoms with E-state index >= 15 is 0 Å². The molecule has 0 saturated carbocycles. The highest BCUT2D eigenvalue weighted by atomic mass is 32.1. The zero-order chi connectivity index (χ0) is 12.2. The van der Waals surface area contributed by atoms with Gasteiger partial charge in [-0.3, -0.25) is 0 Å². The van der Waals surface area contributed by atoms with Crippen molar-refractivity contribution in [2.24, 2.45) is 0 Å². The van der Waals surface area contributed by atoms with Crippen molar-refractivity contribution in [2.75, 3.05) is 6.54 Å². The Labute approximate surface area is 102 Å². The summed E-state index contributed by atoms with van der Waals surface area (Å²) >= 11 is 1.72. The van der Waals surface area contributed by atoms with Crippen LogP contribution >= 0.6 is 11.3 Å². The molecule has 0 amide bonds. The summed E-state index contributed by atoms with van der Waals surface area (Å²) in [5, 5.41) is 14.5. The summed E-state index contributed by atoms with van der Waals surface area (Å²) in [4.78, 5) is 5.65. The van der Waals surface area contributed by atoms with E-state index in [0.29, 0.717) is 6.54 Å². The van der Waals surface area contributed by atoms with Crippen LogP contribution in [0.15, 0.2) is 0 Å². The molecule has 4 heteroatoms. The van der Waals surface area contributed by atoms with Gasteiger partial charge in [0.05, 0.1) is 16.3 Å². The predicted octanol–water partition coefficient (Wildman–Crippen LogP) is 2.40. The Hall–Kier alpha value is -0.450. The number of hydrogen-bond acceptors (Lipinski definition) is 4. The van der Waals surface area contributed by atoms with Crippen LogP contribution < -0.4 is 5.32 Å². The first-order valence-electron chi connectivity index (χ1n) is 5.86. The molecule has 0 saturated heterocycles. The number of aromatic nitrogens is 1. The highest BCUT2D eigenvalue weighted by Gasteiger charge is 2.21. The lowest BCUT2D eigenvalue weighted by Gasteiger charge is -2.25. The largest absolute Gasteiger partial charge is 0.389 e. The van der Waals surface area contributed by atoms with Crippen LogP contribution in [0, 0.1) is 13.8 Å². The van der Waals surface area contributed by atoms with Crippen molar-refractivity contribution >= 4 is 11.3 Å². The maximum Gasteiger partial charge on any atom is 0.0900 e. The third-order valence-corrected chi connectivity index (χ3v) is 4.13. The monoisotopic (exact) mass is 242 g/mol. The van der Waals surface area contributed by atoms with Crippen LogP contribution in [-0.4, -0.2) is 22.2 Å². The van der Waals surface area contributed by atoms with Crippen molar-refractivity contribution < 1.29 is 5.11 Å². The zero-order valence-electron chi connectivity index (χ0n) is 10.6. The molecule has 0 aromatic carbocycles. The van der Waals surface area contributed by atoms with E-state index in [0.717, 1.165) is 30.1 Å². The lowest BCUT2D eigenvalue weighted by molar-refractivity contribution is 0.0323. The predicted molar refractivity (Wildman–Crippen MR) is 68.8 cm³/mol. The van der Waals surface area contributed by atoms with Gasteiger partial charge < -0.3 is 10.4 Å². The normalized spacial score (nSPS) is 12.1. The summed E-state index contributed by atoms with van der Waals surface area (Å²) in [6, 6.07) is 0. The van der Waals surface area contributed by atoms with Crippen molar-refractivity contribution in [3.8, 4) is 0 Å². The van der Waals surface area contributed by atoms with Crippen molar-refractivity contribution in [1.29, 1.82) is 0 Å². The third kappa shape index (κ3) is 3.54. The maximum absolute atomic E-state index is 10.1. The second kappa shape index (κ2) is 5.75. The molecule has 1 aromatic heterocycles. The van der Waals surface area contributed by atoms with Gasteiger partial charge in [-0.2, -0.15) is 0 Å². The van der Waals surface area contributed by atoms with Crippen molar-refractivity contribution in [1.82, 2.24) is 10.3 Å². The van der Waals surface area contributed by atoms with Crippen molar-refractivity contribution in [3.63, 3.8) is 0 Å². The summed E-state index contributed by atoms with van der Waals surface area (Å²) < 4.78 is 0. The first-order chi connectivity index (χ1) is 7.50. The molecule has 1 rings (SSSR count). The van der Waals surface area contributed by atoms with E-state index in [2.05, 4.69) is 10.3 Å². The second-order valence-electron chi connectivity index (χ2n) is 4.28. The number of nitrogens with one attached hydrogen (secondary N) is 1. The molecule has 0 aliphatic rings. The third-order valence-electron chi connectivity index (χ3n) is 3.06. The van der Waals surface area contributed by atoms with Gasteiger partial charge in [0.2, 0.25) is 0 Å². The van der Waals surface area contributed by atoms with Crippen molar-refractivity contribution in [2.45, 2.75) is 52.7 Å². The van der Waals surface area contributed by atoms with Gasteiger partial charge in [-0.25, -0.2) is 4.98 Å². The van der Waals surface area contributed by atoms with E-state index in [-0.39, 0.29) is 0 Å². The molecule has 92 valence electrons. The minimum atomic E-state index is -0.562. The minimum absolute atomic E-state index is 0.562. The number of rotatable bonds is 6. The van der Waals surface area contributed by atoms with Gasteiger partial charge >= 0.3 is 0 Å². The summed E-state index contributed by atoms with van der Waals surface area (Å²) in [5.41, 5.74) is 0.541. The lowest BCUT2D eigenvalue weighted by Crippen LogP contribution is -2.39. The molecule has 0 spiro atoms. The molecule has 16 heavy (non-hydrogen) atoms. The summed E-state index contributed by atoms with van der Waals surface area (Å²) in [6.45, 7) is 9.55. The Morgan fingerprint density at radius 3 is 2.38 bits per heavy atom. The van der Waals surface area contributed by atoms with Gasteiger partial charge in [0, 0.05) is 18.0 Å². The Morgan fingerprint density at radius 1 is 1.31 bits per heavy atom. The van der Waals surface area contributed by atoms with Crippen LogP contribution in [0.4, 0.5) is 0 Å². The lowest BCUT2D eigenvalue weighted by atomic mass is 9.98. The average molecular weight is 242 g/mol. The van der Waals surface area contributed by atoms with Gasteiger partial charge in [0.15, 0.2) is 0 Å². The Morgan fingerprint density at radius 2 is 1.94 bits per heavy atom. The summed E-state index contributed by atoms with van der Waals surface area (Å²) in [6.07, 6.45) is 1.58. The SMILES string of the molecule is CCC(O)(CC)CNCc1sc(C)nc1C. The van der Waals surface area contributed by atoms with E-state index in [1.54, 1.807) is 11.3 Å². The van der Waals surface area contributed by atoms with Gasteiger partial charge in [-0.1, -0.05) is 13.8 Å². The summed E-state index contributed by atoms with van der Waals surface area (Å²) in [7, 11) is 0. The van der Waals surface area contributed by atoms with Gasteiger partial charge in [-0.15, -0.1) is 11.3 Å². The Bertz CT molecular complexity index is 332. The maximum atomic E-state index is 10.1. The van der Waals surface area contributed by atoms with E-state index in [9.17, 15) is 5.11 Å². The number of aryl methyl sites for hydroxylation is 2. The zero-order valence-corrected chi connectivity index (χ0v) is 11.4. The van der Waals surface area contributed by atoms with Crippen LogP contribution in [0.3, 0.4) is 0 Å². The highest BCUT2D eigenvalue weighted by molar-refractivity contribution is 7.11. The highest BCUT2D eigenvalue weighted by Crippen LogP contribution is 2.18. The average Bonchev–Trinajstić information content (AvgIpc) is 2.57. The second-order valence-corrected chi connectivity index (χ2v) is 5.56. The van der Waals surface area contributed by atoms with E-state index in [4.69, 9.17) is 0 Å². The molecule has 3 nitrogen and oxygen atoms in total. The number of thiazole rings is 1. The molecular weight excluding hydrogens is 220 g/mol. The molecule has 1 heterocycles. The van der Waals surface area contributed by atoms with Crippen LogP contribution in [0.1, 0.15) is 42.3 Å². The molecule has 2 N–H and O–H groups in total. The molecule has 0 radical (unpaired) electrons. The quantitative estimate of drug-likeness (QED) is 0.805.